The van der Waals surface area contributed by atoms with Gasteiger partial charge >= 0.3 is 0 Å². The minimum absolute atomic E-state index is 0.0944. The van der Waals surface area contributed by atoms with Gasteiger partial charge in [0.05, 0.1) is 10.5 Å². The first-order chi connectivity index (χ1) is 14.9. The molecule has 0 radical (unpaired) electrons. The molecule has 3 rings (SSSR count). The van der Waals surface area contributed by atoms with Gasteiger partial charge in [-0.15, -0.1) is 0 Å². The van der Waals surface area contributed by atoms with Gasteiger partial charge in [-0.2, -0.15) is 22.1 Å². The highest BCUT2D eigenvalue weighted by atomic mass is 32.2. The van der Waals surface area contributed by atoms with Crippen LogP contribution in [0.25, 0.3) is 0 Å². The number of anilines is 3. The van der Waals surface area contributed by atoms with E-state index in [9.17, 15) is 22.1 Å². The minimum Gasteiger partial charge on any atom is -0.340 e. The second kappa shape index (κ2) is 8.71. The molecule has 12 heteroatoms. The van der Waals surface area contributed by atoms with E-state index in [4.69, 9.17) is 9.11 Å². The molecule has 1 unspecified atom stereocenters. The zero-order valence-corrected chi connectivity index (χ0v) is 18.7. The molecule has 1 aliphatic carbocycles. The van der Waals surface area contributed by atoms with Crippen LogP contribution in [-0.2, 0) is 20.2 Å². The molecule has 10 nitrogen and oxygen atoms in total. The summed E-state index contributed by atoms with van der Waals surface area (Å²) in [7, 11) is -8.50. The van der Waals surface area contributed by atoms with Crippen LogP contribution in [0.4, 0.5) is 17.3 Å². The van der Waals surface area contributed by atoms with Crippen molar-refractivity contribution in [2.45, 2.75) is 30.4 Å². The quantitative estimate of drug-likeness (QED) is 0.454. The monoisotopic (exact) mass is 476 g/mol. The third kappa shape index (κ3) is 5.14. The molecule has 168 valence electrons. The molecule has 1 aromatic heterocycles. The minimum atomic E-state index is -4.33. The van der Waals surface area contributed by atoms with E-state index >= 15 is 0 Å². The lowest BCUT2D eigenvalue weighted by Crippen LogP contribution is -2.20. The van der Waals surface area contributed by atoms with Gasteiger partial charge in [0.2, 0.25) is 0 Å². The molecule has 0 fully saturated rings. The Kier molecular flexibility index (Phi) is 6.38. The third-order valence-electron chi connectivity index (χ3n) is 4.99. The number of benzene rings is 1. The summed E-state index contributed by atoms with van der Waals surface area (Å²) in [5, 5.41) is 14.7. The zero-order valence-electron chi connectivity index (χ0n) is 17.1. The average Bonchev–Trinajstić information content (AvgIpc) is 2.71. The van der Waals surface area contributed by atoms with E-state index in [1.54, 1.807) is 19.9 Å². The van der Waals surface area contributed by atoms with Gasteiger partial charge in [0.25, 0.3) is 20.2 Å². The normalized spacial score (nSPS) is 16.2. The number of nitrogens with one attached hydrogen (secondary N) is 2. The van der Waals surface area contributed by atoms with Gasteiger partial charge in [0, 0.05) is 11.4 Å². The lowest BCUT2D eigenvalue weighted by atomic mass is 10.0. The topological polar surface area (TPSA) is 169 Å². The Morgan fingerprint density at radius 1 is 1.03 bits per heavy atom. The van der Waals surface area contributed by atoms with Crippen LogP contribution in [0.2, 0.25) is 0 Å². The van der Waals surface area contributed by atoms with Crippen molar-refractivity contribution in [1.82, 2.24) is 4.98 Å². The van der Waals surface area contributed by atoms with Crippen molar-refractivity contribution < 1.29 is 25.9 Å². The first kappa shape index (κ1) is 23.4. The highest BCUT2D eigenvalue weighted by Gasteiger charge is 2.22. The van der Waals surface area contributed by atoms with Gasteiger partial charge < -0.3 is 10.6 Å². The Morgan fingerprint density at radius 2 is 1.69 bits per heavy atom. The number of hydrogen-bond acceptors (Lipinski definition) is 8. The summed E-state index contributed by atoms with van der Waals surface area (Å²) >= 11 is 0. The standard InChI is InChI=1S/C20H20N4O6S2/c1-12-13(2)19(22-14-3-7-16(8-4-14)31(25,26)27)24-20(18(12)11-21)23-15-5-9-17(10-6-15)32(28,29)30/h3-7,9-10,16H,8H2,1-2H3,(H2,22,23,24)(H,25,26,27)(H,28,29,30). The van der Waals surface area contributed by atoms with Crippen LogP contribution in [0.5, 0.6) is 0 Å². The van der Waals surface area contributed by atoms with Gasteiger partial charge in [-0.05, 0) is 61.7 Å². The van der Waals surface area contributed by atoms with Crippen LogP contribution in [0.15, 0.2) is 53.1 Å². The Morgan fingerprint density at radius 3 is 2.19 bits per heavy atom. The number of aromatic nitrogens is 1. The number of hydrogen-bond donors (Lipinski definition) is 4. The molecule has 0 bridgehead atoms. The fourth-order valence-electron chi connectivity index (χ4n) is 3.04. The molecule has 1 aliphatic rings. The Labute approximate surface area is 185 Å². The number of nitrogens with zero attached hydrogens (tertiary/aromatic N) is 2. The fourth-order valence-corrected chi connectivity index (χ4v) is 4.14. The molecular formula is C20H20N4O6S2. The van der Waals surface area contributed by atoms with Gasteiger partial charge in [0.15, 0.2) is 5.82 Å². The van der Waals surface area contributed by atoms with Crippen molar-refractivity contribution in [3.8, 4) is 6.07 Å². The maximum atomic E-state index is 11.3. The lowest BCUT2D eigenvalue weighted by Gasteiger charge is -2.19. The van der Waals surface area contributed by atoms with Crippen molar-refractivity contribution in [3.63, 3.8) is 0 Å². The maximum absolute atomic E-state index is 11.3. The van der Waals surface area contributed by atoms with Gasteiger partial charge in [-0.3, -0.25) is 9.11 Å². The summed E-state index contributed by atoms with van der Waals surface area (Å²) in [5.41, 5.74) is 2.70. The molecule has 1 atom stereocenters. The third-order valence-corrected chi connectivity index (χ3v) is 6.97. The molecule has 4 N–H and O–H groups in total. The lowest BCUT2D eigenvalue weighted by molar-refractivity contribution is 0.474. The number of allylic oxidation sites excluding steroid dienone is 2. The van der Waals surface area contributed by atoms with Crippen molar-refractivity contribution in [1.29, 1.82) is 5.26 Å². The molecule has 0 saturated carbocycles. The average molecular weight is 477 g/mol. The molecule has 2 aromatic rings. The predicted octanol–water partition coefficient (Wildman–Crippen LogP) is 3.07. The smallest absolute Gasteiger partial charge is 0.294 e. The SMILES string of the molecule is Cc1c(NC2=CCC(S(=O)(=O)O)C=C2)nc(Nc2ccc(S(=O)(=O)O)cc2)c(C#N)c1C. The predicted molar refractivity (Wildman–Crippen MR) is 119 cm³/mol. The first-order valence-electron chi connectivity index (χ1n) is 9.27. The van der Waals surface area contributed by atoms with Crippen molar-refractivity contribution in [3.05, 3.63) is 64.9 Å². The van der Waals surface area contributed by atoms with Gasteiger partial charge in [0.1, 0.15) is 17.1 Å². The van der Waals surface area contributed by atoms with Crippen LogP contribution in [-0.4, -0.2) is 36.2 Å². The zero-order chi connectivity index (χ0) is 23.7. The largest absolute Gasteiger partial charge is 0.340 e. The number of pyridine rings is 1. The highest BCUT2D eigenvalue weighted by Crippen LogP contribution is 2.30. The summed E-state index contributed by atoms with van der Waals surface area (Å²) in [6.07, 6.45) is 4.61. The van der Waals surface area contributed by atoms with E-state index in [1.165, 1.54) is 36.4 Å². The molecule has 1 aromatic carbocycles. The number of nitriles is 1. The fraction of sp³-hybridized carbons (Fsp3) is 0.200. The summed E-state index contributed by atoms with van der Waals surface area (Å²) < 4.78 is 63.2. The van der Waals surface area contributed by atoms with Crippen molar-refractivity contribution in [2.75, 3.05) is 10.6 Å². The molecule has 0 saturated heterocycles. The summed E-state index contributed by atoms with van der Waals surface area (Å²) in [6.45, 7) is 3.54. The Bertz CT molecular complexity index is 1370. The summed E-state index contributed by atoms with van der Waals surface area (Å²) in [6, 6.07) is 7.39. The van der Waals surface area contributed by atoms with Crippen LogP contribution in [0.1, 0.15) is 23.1 Å². The van der Waals surface area contributed by atoms with E-state index < -0.39 is 25.5 Å². The van der Waals surface area contributed by atoms with E-state index in [-0.39, 0.29) is 17.1 Å². The van der Waals surface area contributed by atoms with E-state index in [1.807, 2.05) is 0 Å². The second-order valence-corrected chi connectivity index (χ2v) is 10.2. The van der Waals surface area contributed by atoms with E-state index in [2.05, 4.69) is 21.7 Å². The molecule has 0 spiro atoms. The van der Waals surface area contributed by atoms with E-state index in [0.29, 0.717) is 33.9 Å². The van der Waals surface area contributed by atoms with Crippen LogP contribution in [0, 0.1) is 25.2 Å². The maximum Gasteiger partial charge on any atom is 0.294 e. The summed E-state index contributed by atoms with van der Waals surface area (Å²) in [4.78, 5) is 4.21. The Balaban J connectivity index is 1.91. The molecular weight excluding hydrogens is 456 g/mol. The molecule has 32 heavy (non-hydrogen) atoms. The van der Waals surface area contributed by atoms with Crippen molar-refractivity contribution >= 4 is 37.6 Å². The van der Waals surface area contributed by atoms with Gasteiger partial charge in [-0.25, -0.2) is 4.98 Å². The van der Waals surface area contributed by atoms with E-state index in [0.717, 1.165) is 0 Å². The number of rotatable bonds is 6. The molecule has 0 aliphatic heterocycles. The second-order valence-electron chi connectivity index (χ2n) is 7.10. The first-order valence-corrected chi connectivity index (χ1v) is 12.2. The van der Waals surface area contributed by atoms with Crippen LogP contribution < -0.4 is 10.6 Å². The highest BCUT2D eigenvalue weighted by molar-refractivity contribution is 7.86. The van der Waals surface area contributed by atoms with Crippen LogP contribution in [0.3, 0.4) is 0 Å². The Hall–Kier alpha value is -3.24. The van der Waals surface area contributed by atoms with Crippen molar-refractivity contribution in [2.24, 2.45) is 0 Å². The molecule has 0 amide bonds. The molecule has 1 heterocycles. The van der Waals surface area contributed by atoms with Gasteiger partial charge in [-0.1, -0.05) is 12.2 Å². The summed E-state index contributed by atoms with van der Waals surface area (Å²) in [5.74, 6) is 0.661. The van der Waals surface area contributed by atoms with Crippen LogP contribution >= 0.6 is 0 Å².